The highest BCUT2D eigenvalue weighted by atomic mass is 16.6. The Hall–Kier alpha value is -5.19. The van der Waals surface area contributed by atoms with Crippen molar-refractivity contribution >= 4 is 23.8 Å². The fourth-order valence-electron chi connectivity index (χ4n) is 5.02. The largest absolute Gasteiger partial charge is 0.493 e. The molecule has 218 valence electrons. The van der Waals surface area contributed by atoms with Crippen molar-refractivity contribution in [3.63, 3.8) is 0 Å². The van der Waals surface area contributed by atoms with E-state index >= 15 is 0 Å². The molecule has 42 heavy (non-hydrogen) atoms. The lowest BCUT2D eigenvalue weighted by atomic mass is 9.84. The Morgan fingerprint density at radius 2 is 1.60 bits per heavy atom. The maximum atomic E-state index is 13.5. The van der Waals surface area contributed by atoms with Gasteiger partial charge in [0.2, 0.25) is 11.5 Å². The third-order valence-electron chi connectivity index (χ3n) is 6.93. The second-order valence-electron chi connectivity index (χ2n) is 9.23. The predicted molar refractivity (Wildman–Crippen MR) is 148 cm³/mol. The van der Waals surface area contributed by atoms with Crippen LogP contribution in [0, 0.1) is 0 Å². The molecule has 0 saturated carbocycles. The van der Waals surface area contributed by atoms with Gasteiger partial charge in [0.15, 0.2) is 35.4 Å². The zero-order valence-corrected chi connectivity index (χ0v) is 23.6. The zero-order valence-electron chi connectivity index (χ0n) is 23.6. The van der Waals surface area contributed by atoms with Crippen molar-refractivity contribution in [2.75, 3.05) is 42.2 Å². The standard InChI is InChI=1S/C31H28O11/c1-35-21-8-6-7-17(29(21)40-15-26(33)38-4)19-14-25(32)41-20-10-9-18-28(34)22(42-30(18)27(19)20)11-16-12-23(36-2)31(39-5)24(13-16)37-3/h6-13,19H,14-15H2,1-5H3. The third kappa shape index (κ3) is 5.05. The Morgan fingerprint density at radius 3 is 2.24 bits per heavy atom. The van der Waals surface area contributed by atoms with Gasteiger partial charge in [-0.2, -0.15) is 0 Å². The molecule has 0 aromatic heterocycles. The van der Waals surface area contributed by atoms with Crippen LogP contribution in [0.3, 0.4) is 0 Å². The van der Waals surface area contributed by atoms with Crippen molar-refractivity contribution in [2.24, 2.45) is 0 Å². The summed E-state index contributed by atoms with van der Waals surface area (Å²) in [5.74, 6) is 0.324. The molecule has 5 rings (SSSR count). The Kier molecular flexibility index (Phi) is 7.92. The van der Waals surface area contributed by atoms with E-state index in [4.69, 9.17) is 37.9 Å². The molecule has 1 atom stereocenters. The number of fused-ring (bicyclic) bond motifs is 3. The zero-order chi connectivity index (χ0) is 30.0. The number of ether oxygens (including phenoxy) is 8. The maximum absolute atomic E-state index is 13.5. The average molecular weight is 577 g/mol. The summed E-state index contributed by atoms with van der Waals surface area (Å²) in [5, 5.41) is 0. The molecule has 11 heteroatoms. The minimum absolute atomic E-state index is 0.0520. The van der Waals surface area contributed by atoms with Crippen molar-refractivity contribution in [1.29, 1.82) is 0 Å². The van der Waals surface area contributed by atoms with E-state index in [0.29, 0.717) is 45.3 Å². The van der Waals surface area contributed by atoms with Gasteiger partial charge in [-0.1, -0.05) is 12.1 Å². The molecular formula is C31H28O11. The average Bonchev–Trinajstić information content (AvgIpc) is 3.32. The van der Waals surface area contributed by atoms with Gasteiger partial charge in [0.1, 0.15) is 11.5 Å². The molecule has 0 spiro atoms. The normalized spacial score (nSPS) is 16.1. The first-order chi connectivity index (χ1) is 20.3. The van der Waals surface area contributed by atoms with Gasteiger partial charge in [-0.3, -0.25) is 9.59 Å². The van der Waals surface area contributed by atoms with Gasteiger partial charge in [-0.15, -0.1) is 0 Å². The highest BCUT2D eigenvalue weighted by Gasteiger charge is 2.40. The molecular weight excluding hydrogens is 548 g/mol. The van der Waals surface area contributed by atoms with E-state index in [-0.39, 0.29) is 41.8 Å². The molecule has 2 aliphatic heterocycles. The molecule has 0 amide bonds. The number of carbonyl (C=O) groups excluding carboxylic acids is 3. The summed E-state index contributed by atoms with van der Waals surface area (Å²) >= 11 is 0. The Labute approximate surface area is 241 Å². The number of benzene rings is 3. The van der Waals surface area contributed by atoms with Crippen LogP contribution in [-0.4, -0.2) is 59.9 Å². The van der Waals surface area contributed by atoms with Crippen LogP contribution >= 0.6 is 0 Å². The first-order valence-electron chi connectivity index (χ1n) is 12.8. The molecule has 11 nitrogen and oxygen atoms in total. The lowest BCUT2D eigenvalue weighted by Gasteiger charge is -2.28. The molecule has 3 aromatic carbocycles. The fraction of sp³-hybridized carbons (Fsp3) is 0.258. The van der Waals surface area contributed by atoms with Crippen LogP contribution in [0.4, 0.5) is 0 Å². The third-order valence-corrected chi connectivity index (χ3v) is 6.93. The van der Waals surface area contributed by atoms with Crippen molar-refractivity contribution in [3.8, 4) is 40.2 Å². The van der Waals surface area contributed by atoms with Crippen LogP contribution in [0.1, 0.15) is 39.4 Å². The summed E-state index contributed by atoms with van der Waals surface area (Å²) < 4.78 is 44.0. The molecule has 0 saturated heterocycles. The quantitative estimate of drug-likeness (QED) is 0.205. The Balaban J connectivity index is 1.60. The summed E-state index contributed by atoms with van der Waals surface area (Å²) in [6.07, 6.45) is 1.49. The minimum Gasteiger partial charge on any atom is -0.493 e. The smallest absolute Gasteiger partial charge is 0.343 e. The number of ketones is 1. The van der Waals surface area contributed by atoms with Crippen molar-refractivity contribution in [1.82, 2.24) is 0 Å². The van der Waals surface area contributed by atoms with Crippen LogP contribution in [0.2, 0.25) is 0 Å². The summed E-state index contributed by atoms with van der Waals surface area (Å²) in [5.41, 5.74) is 1.91. The van der Waals surface area contributed by atoms with Gasteiger partial charge in [-0.05, 0) is 42.0 Å². The van der Waals surface area contributed by atoms with Crippen LogP contribution < -0.4 is 33.2 Å². The summed E-state index contributed by atoms with van der Waals surface area (Å²) in [4.78, 5) is 38.1. The minimum atomic E-state index is -0.646. The van der Waals surface area contributed by atoms with Crippen LogP contribution in [0.25, 0.3) is 6.08 Å². The van der Waals surface area contributed by atoms with E-state index in [2.05, 4.69) is 0 Å². The summed E-state index contributed by atoms with van der Waals surface area (Å²) in [6, 6.07) is 11.7. The molecule has 1 unspecified atom stereocenters. The molecule has 0 radical (unpaired) electrons. The van der Waals surface area contributed by atoms with Crippen LogP contribution in [0.5, 0.6) is 40.2 Å². The Bertz CT molecular complexity index is 1580. The molecule has 2 heterocycles. The maximum Gasteiger partial charge on any atom is 0.343 e. The highest BCUT2D eigenvalue weighted by Crippen LogP contribution is 2.52. The summed E-state index contributed by atoms with van der Waals surface area (Å²) in [7, 11) is 7.21. The number of carbonyl (C=O) groups is 3. The molecule has 0 fully saturated rings. The number of para-hydroxylation sites is 1. The first kappa shape index (κ1) is 28.3. The lowest BCUT2D eigenvalue weighted by Crippen LogP contribution is -2.22. The number of Topliss-reactive ketones (excluding diaryl/α,β-unsaturated/α-hetero) is 1. The molecule has 0 bridgehead atoms. The van der Waals surface area contributed by atoms with E-state index in [1.54, 1.807) is 48.5 Å². The van der Waals surface area contributed by atoms with Gasteiger partial charge in [0.05, 0.1) is 47.5 Å². The van der Waals surface area contributed by atoms with E-state index in [9.17, 15) is 14.4 Å². The number of methoxy groups -OCH3 is 5. The van der Waals surface area contributed by atoms with E-state index in [1.165, 1.54) is 35.5 Å². The van der Waals surface area contributed by atoms with Crippen LogP contribution in [0.15, 0.2) is 48.2 Å². The molecule has 0 N–H and O–H groups in total. The Morgan fingerprint density at radius 1 is 0.881 bits per heavy atom. The van der Waals surface area contributed by atoms with Gasteiger partial charge in [-0.25, -0.2) is 4.79 Å². The predicted octanol–water partition coefficient (Wildman–Crippen LogP) is 4.33. The number of rotatable bonds is 9. The van der Waals surface area contributed by atoms with Gasteiger partial charge < -0.3 is 37.9 Å². The van der Waals surface area contributed by atoms with E-state index in [0.717, 1.165) is 0 Å². The molecule has 2 aliphatic rings. The number of allylic oxidation sites excluding steroid dienone is 1. The number of hydrogen-bond acceptors (Lipinski definition) is 11. The first-order valence-corrected chi connectivity index (χ1v) is 12.8. The SMILES string of the molecule is COC(=O)COc1c(OC)cccc1C1CC(=O)Oc2ccc3c(c21)OC(=Cc1cc(OC)c(OC)c(OC)c1)C3=O. The second-order valence-corrected chi connectivity index (χ2v) is 9.23. The second kappa shape index (κ2) is 11.7. The van der Waals surface area contributed by atoms with Crippen molar-refractivity contribution < 1.29 is 52.3 Å². The molecule has 0 aliphatic carbocycles. The van der Waals surface area contributed by atoms with Gasteiger partial charge in [0, 0.05) is 17.0 Å². The van der Waals surface area contributed by atoms with Crippen molar-refractivity contribution in [3.05, 3.63) is 70.5 Å². The van der Waals surface area contributed by atoms with Gasteiger partial charge >= 0.3 is 11.9 Å². The topological polar surface area (TPSA) is 125 Å². The van der Waals surface area contributed by atoms with E-state index < -0.39 is 17.9 Å². The summed E-state index contributed by atoms with van der Waals surface area (Å²) in [6.45, 7) is -0.378. The highest BCUT2D eigenvalue weighted by molar-refractivity contribution is 6.15. The lowest BCUT2D eigenvalue weighted by molar-refractivity contribution is -0.143. The van der Waals surface area contributed by atoms with E-state index in [1.807, 2.05) is 0 Å². The van der Waals surface area contributed by atoms with Crippen LogP contribution in [-0.2, 0) is 14.3 Å². The molecule has 3 aromatic rings. The number of hydrogen-bond donors (Lipinski definition) is 0. The van der Waals surface area contributed by atoms with Gasteiger partial charge in [0.25, 0.3) is 0 Å². The monoisotopic (exact) mass is 576 g/mol. The fourth-order valence-corrected chi connectivity index (χ4v) is 5.02. The van der Waals surface area contributed by atoms with Crippen molar-refractivity contribution in [2.45, 2.75) is 12.3 Å². The number of esters is 2.